The van der Waals surface area contributed by atoms with Crippen molar-refractivity contribution in [3.05, 3.63) is 70.7 Å². The normalized spacial score (nSPS) is 14.3. The molecule has 2 aromatic carbocycles. The van der Waals surface area contributed by atoms with Gasteiger partial charge < -0.3 is 5.73 Å². The lowest BCUT2D eigenvalue weighted by Gasteiger charge is -2.25. The number of halogens is 1. The predicted octanol–water partition coefficient (Wildman–Crippen LogP) is 3.76. The molecule has 0 aromatic heterocycles. The van der Waals surface area contributed by atoms with Gasteiger partial charge in [-0.05, 0) is 36.6 Å². The summed E-state index contributed by atoms with van der Waals surface area (Å²) in [4.78, 5) is 0. The quantitative estimate of drug-likeness (QED) is 0.876. The van der Waals surface area contributed by atoms with Crippen molar-refractivity contribution >= 4 is 11.6 Å². The maximum Gasteiger partial charge on any atom is 0.0421 e. The van der Waals surface area contributed by atoms with Gasteiger partial charge in [-0.2, -0.15) is 0 Å². The topological polar surface area (TPSA) is 26.0 Å². The first-order chi connectivity index (χ1) is 8.08. The monoisotopic (exact) mass is 245 g/mol. The van der Waals surface area contributed by atoms with Gasteiger partial charge >= 0.3 is 0 Å². The summed E-state index contributed by atoms with van der Waals surface area (Å²) in [5.74, 6) is 0. The highest BCUT2D eigenvalue weighted by Gasteiger charge is 2.21. The number of rotatable bonds is 3. The average Bonchev–Trinajstić information content (AvgIpc) is 2.33. The Morgan fingerprint density at radius 3 is 2.18 bits per heavy atom. The highest BCUT2D eigenvalue weighted by Crippen LogP contribution is 2.23. The summed E-state index contributed by atoms with van der Waals surface area (Å²) in [5, 5.41) is 0.757. The van der Waals surface area contributed by atoms with Gasteiger partial charge in [0.25, 0.3) is 0 Å². The molecule has 0 saturated heterocycles. The van der Waals surface area contributed by atoms with Crippen LogP contribution in [0.25, 0.3) is 0 Å². The molecule has 2 aromatic rings. The van der Waals surface area contributed by atoms with Crippen LogP contribution in [0.3, 0.4) is 0 Å². The zero-order valence-electron chi connectivity index (χ0n) is 9.86. The van der Waals surface area contributed by atoms with Crippen LogP contribution in [0, 0.1) is 0 Å². The lowest BCUT2D eigenvalue weighted by Crippen LogP contribution is -2.35. The van der Waals surface area contributed by atoms with Gasteiger partial charge in [0.15, 0.2) is 0 Å². The van der Waals surface area contributed by atoms with E-state index >= 15 is 0 Å². The molecule has 0 aliphatic rings. The van der Waals surface area contributed by atoms with Crippen LogP contribution in [-0.2, 0) is 12.0 Å². The molecule has 2 rings (SSSR count). The molecule has 2 N–H and O–H groups in total. The highest BCUT2D eigenvalue weighted by atomic mass is 35.5. The first kappa shape index (κ1) is 12.2. The van der Waals surface area contributed by atoms with Gasteiger partial charge in [-0.25, -0.2) is 0 Å². The molecule has 0 heterocycles. The molecule has 0 radical (unpaired) electrons. The molecular weight excluding hydrogens is 230 g/mol. The largest absolute Gasteiger partial charge is 0.321 e. The Morgan fingerprint density at radius 1 is 1.00 bits per heavy atom. The van der Waals surface area contributed by atoms with E-state index in [2.05, 4.69) is 19.1 Å². The Morgan fingerprint density at radius 2 is 1.59 bits per heavy atom. The van der Waals surface area contributed by atoms with Crippen molar-refractivity contribution in [1.82, 2.24) is 0 Å². The van der Waals surface area contributed by atoms with Crippen molar-refractivity contribution in [2.24, 2.45) is 5.73 Å². The van der Waals surface area contributed by atoms with Gasteiger partial charge in [0.2, 0.25) is 0 Å². The van der Waals surface area contributed by atoms with Gasteiger partial charge in [0.1, 0.15) is 0 Å². The van der Waals surface area contributed by atoms with Crippen LogP contribution in [0.1, 0.15) is 18.1 Å². The molecule has 1 unspecified atom stereocenters. The summed E-state index contributed by atoms with van der Waals surface area (Å²) in [6.07, 6.45) is 0.800. The van der Waals surface area contributed by atoms with Gasteiger partial charge in [-0.1, -0.05) is 54.1 Å². The van der Waals surface area contributed by atoms with Crippen LogP contribution in [0.5, 0.6) is 0 Å². The van der Waals surface area contributed by atoms with E-state index in [0.717, 1.165) is 17.0 Å². The van der Waals surface area contributed by atoms with Crippen molar-refractivity contribution in [2.45, 2.75) is 18.9 Å². The van der Waals surface area contributed by atoms with Crippen molar-refractivity contribution in [3.63, 3.8) is 0 Å². The fraction of sp³-hybridized carbons (Fsp3) is 0.200. The maximum absolute atomic E-state index is 6.38. The van der Waals surface area contributed by atoms with Crippen LogP contribution in [-0.4, -0.2) is 0 Å². The molecule has 0 fully saturated rings. The van der Waals surface area contributed by atoms with E-state index < -0.39 is 0 Å². The zero-order chi connectivity index (χ0) is 12.3. The standard InChI is InChI=1S/C15H16ClN/c1-15(17,13-5-3-2-4-6-13)11-12-7-9-14(16)10-8-12/h2-10H,11,17H2,1H3. The molecule has 0 amide bonds. The Balaban J connectivity index is 2.20. The fourth-order valence-electron chi connectivity index (χ4n) is 1.95. The van der Waals surface area contributed by atoms with Crippen LogP contribution >= 0.6 is 11.6 Å². The second kappa shape index (κ2) is 4.91. The van der Waals surface area contributed by atoms with Crippen molar-refractivity contribution in [1.29, 1.82) is 0 Å². The summed E-state index contributed by atoms with van der Waals surface area (Å²) >= 11 is 5.87. The molecule has 1 atom stereocenters. The third kappa shape index (κ3) is 3.09. The smallest absolute Gasteiger partial charge is 0.0421 e. The Hall–Kier alpha value is -1.31. The molecule has 0 spiro atoms. The lowest BCUT2D eigenvalue weighted by molar-refractivity contribution is 0.491. The van der Waals surface area contributed by atoms with Crippen molar-refractivity contribution in [2.75, 3.05) is 0 Å². The minimum Gasteiger partial charge on any atom is -0.321 e. The predicted molar refractivity (Wildman–Crippen MR) is 73.1 cm³/mol. The van der Waals surface area contributed by atoms with Crippen molar-refractivity contribution < 1.29 is 0 Å². The van der Waals surface area contributed by atoms with E-state index in [4.69, 9.17) is 17.3 Å². The summed E-state index contributed by atoms with van der Waals surface area (Å²) < 4.78 is 0. The maximum atomic E-state index is 6.38. The summed E-state index contributed by atoms with van der Waals surface area (Å²) in [6, 6.07) is 18.0. The molecule has 0 aliphatic heterocycles. The van der Waals surface area contributed by atoms with E-state index in [1.54, 1.807) is 0 Å². The molecule has 1 nitrogen and oxygen atoms in total. The van der Waals surface area contributed by atoms with Crippen LogP contribution in [0.4, 0.5) is 0 Å². The molecule has 17 heavy (non-hydrogen) atoms. The first-order valence-corrected chi connectivity index (χ1v) is 6.04. The number of hydrogen-bond acceptors (Lipinski definition) is 1. The van der Waals surface area contributed by atoms with Crippen LogP contribution in [0.2, 0.25) is 5.02 Å². The zero-order valence-corrected chi connectivity index (χ0v) is 10.6. The van der Waals surface area contributed by atoms with E-state index in [1.165, 1.54) is 5.56 Å². The molecule has 2 heteroatoms. The minimum atomic E-state index is -0.352. The third-order valence-electron chi connectivity index (χ3n) is 2.92. The van der Waals surface area contributed by atoms with Gasteiger partial charge in [0, 0.05) is 10.6 Å². The average molecular weight is 246 g/mol. The number of nitrogens with two attached hydrogens (primary N) is 1. The highest BCUT2D eigenvalue weighted by molar-refractivity contribution is 6.30. The summed E-state index contributed by atoms with van der Waals surface area (Å²) in [5.41, 5.74) is 8.37. The van der Waals surface area contributed by atoms with Gasteiger partial charge in [-0.3, -0.25) is 0 Å². The molecule has 0 bridgehead atoms. The van der Waals surface area contributed by atoms with Gasteiger partial charge in [0.05, 0.1) is 0 Å². The van der Waals surface area contributed by atoms with Crippen LogP contribution < -0.4 is 5.73 Å². The third-order valence-corrected chi connectivity index (χ3v) is 3.17. The second-order valence-electron chi connectivity index (χ2n) is 4.59. The molecule has 88 valence electrons. The van der Waals surface area contributed by atoms with Gasteiger partial charge in [-0.15, -0.1) is 0 Å². The summed E-state index contributed by atoms with van der Waals surface area (Å²) in [6.45, 7) is 2.05. The van der Waals surface area contributed by atoms with E-state index in [-0.39, 0.29) is 5.54 Å². The molecule has 0 aliphatic carbocycles. The SMILES string of the molecule is CC(N)(Cc1ccc(Cl)cc1)c1ccccc1. The lowest BCUT2D eigenvalue weighted by atomic mass is 9.87. The number of hydrogen-bond donors (Lipinski definition) is 1. The fourth-order valence-corrected chi connectivity index (χ4v) is 2.07. The van der Waals surface area contributed by atoms with E-state index in [0.29, 0.717) is 0 Å². The Labute approximate surface area is 107 Å². The summed E-state index contributed by atoms with van der Waals surface area (Å²) in [7, 11) is 0. The van der Waals surface area contributed by atoms with E-state index in [9.17, 15) is 0 Å². The minimum absolute atomic E-state index is 0.352. The first-order valence-electron chi connectivity index (χ1n) is 5.67. The van der Waals surface area contributed by atoms with E-state index in [1.807, 2.05) is 42.5 Å². The Bertz CT molecular complexity index is 474. The van der Waals surface area contributed by atoms with Crippen LogP contribution in [0.15, 0.2) is 54.6 Å². The molecular formula is C15H16ClN. The van der Waals surface area contributed by atoms with Crippen molar-refractivity contribution in [3.8, 4) is 0 Å². The second-order valence-corrected chi connectivity index (χ2v) is 5.02. The number of benzene rings is 2. The Kier molecular flexibility index (Phi) is 3.51. The molecule has 0 saturated carbocycles.